The van der Waals surface area contributed by atoms with Gasteiger partial charge in [0.1, 0.15) is 5.82 Å². The Bertz CT molecular complexity index is 514. The summed E-state index contributed by atoms with van der Waals surface area (Å²) in [7, 11) is 1.48. The van der Waals surface area contributed by atoms with Crippen LogP contribution in [0.2, 0.25) is 5.02 Å². The number of halogens is 2. The van der Waals surface area contributed by atoms with Crippen molar-refractivity contribution < 1.29 is 19.1 Å². The van der Waals surface area contributed by atoms with Crippen LogP contribution in [0.25, 0.3) is 0 Å². The number of hydrogen-bond donors (Lipinski definition) is 1. The maximum atomic E-state index is 14.0. The van der Waals surface area contributed by atoms with Gasteiger partial charge in [-0.1, -0.05) is 17.7 Å². The molecule has 2 atom stereocenters. The van der Waals surface area contributed by atoms with Crippen molar-refractivity contribution in [3.8, 4) is 0 Å². The van der Waals surface area contributed by atoms with Crippen molar-refractivity contribution in [3.63, 3.8) is 0 Å². The van der Waals surface area contributed by atoms with E-state index in [4.69, 9.17) is 11.6 Å². The average Bonchev–Trinajstić information content (AvgIpc) is 2.33. The molecule has 1 aromatic carbocycles. The highest BCUT2D eigenvalue weighted by Gasteiger charge is 2.41. The average molecular weight is 286 g/mol. The summed E-state index contributed by atoms with van der Waals surface area (Å²) in [5.41, 5.74) is 0.0760. The zero-order chi connectivity index (χ0) is 14.2. The number of carboxylic acid groups (broad SMARTS) is 1. The minimum Gasteiger partial charge on any atom is -0.481 e. The fraction of sp³-hybridized carbons (Fsp3) is 0.385. The van der Waals surface area contributed by atoms with Crippen LogP contribution in [0, 0.1) is 11.7 Å². The Morgan fingerprint density at radius 3 is 2.79 bits per heavy atom. The molecule has 0 aromatic heterocycles. The van der Waals surface area contributed by atoms with Crippen LogP contribution in [-0.4, -0.2) is 28.9 Å². The smallest absolute Gasteiger partial charge is 0.308 e. The van der Waals surface area contributed by atoms with Gasteiger partial charge in [0.2, 0.25) is 5.91 Å². The SMILES string of the molecule is CN1C(=O)CCC(C(=O)O)C1c1c(F)cccc1Cl. The van der Waals surface area contributed by atoms with Crippen LogP contribution in [-0.2, 0) is 9.59 Å². The Balaban J connectivity index is 2.53. The number of likely N-dealkylation sites (tertiary alicyclic amines) is 1. The lowest BCUT2D eigenvalue weighted by atomic mass is 9.84. The first kappa shape index (κ1) is 13.8. The maximum absolute atomic E-state index is 14.0. The lowest BCUT2D eigenvalue weighted by molar-refractivity contribution is -0.150. The molecule has 1 amide bonds. The summed E-state index contributed by atoms with van der Waals surface area (Å²) in [6.45, 7) is 0. The Morgan fingerprint density at radius 2 is 2.21 bits per heavy atom. The fourth-order valence-electron chi connectivity index (χ4n) is 2.48. The Labute approximate surface area is 114 Å². The summed E-state index contributed by atoms with van der Waals surface area (Å²) < 4.78 is 14.0. The van der Waals surface area contributed by atoms with E-state index in [1.807, 2.05) is 0 Å². The molecule has 102 valence electrons. The first-order valence-electron chi connectivity index (χ1n) is 5.86. The van der Waals surface area contributed by atoms with Gasteiger partial charge < -0.3 is 10.0 Å². The van der Waals surface area contributed by atoms with E-state index in [0.29, 0.717) is 0 Å². The third kappa shape index (κ3) is 2.42. The van der Waals surface area contributed by atoms with Gasteiger partial charge >= 0.3 is 5.97 Å². The first-order valence-corrected chi connectivity index (χ1v) is 6.23. The predicted molar refractivity (Wildman–Crippen MR) is 67.3 cm³/mol. The van der Waals surface area contributed by atoms with E-state index >= 15 is 0 Å². The van der Waals surface area contributed by atoms with Crippen LogP contribution >= 0.6 is 11.6 Å². The number of carbonyl (C=O) groups excluding carboxylic acids is 1. The normalized spacial score (nSPS) is 23.5. The van der Waals surface area contributed by atoms with Crippen molar-refractivity contribution in [1.29, 1.82) is 0 Å². The van der Waals surface area contributed by atoms with E-state index in [9.17, 15) is 19.1 Å². The third-order valence-corrected chi connectivity index (χ3v) is 3.80. The number of carbonyl (C=O) groups is 2. The van der Waals surface area contributed by atoms with Gasteiger partial charge in [0.15, 0.2) is 0 Å². The second-order valence-corrected chi connectivity index (χ2v) is 4.98. The fourth-order valence-corrected chi connectivity index (χ4v) is 2.76. The second kappa shape index (κ2) is 5.17. The summed E-state index contributed by atoms with van der Waals surface area (Å²) >= 11 is 5.97. The maximum Gasteiger partial charge on any atom is 0.308 e. The summed E-state index contributed by atoms with van der Waals surface area (Å²) in [5.74, 6) is -2.70. The van der Waals surface area contributed by atoms with E-state index in [2.05, 4.69) is 0 Å². The Morgan fingerprint density at radius 1 is 1.53 bits per heavy atom. The highest BCUT2D eigenvalue weighted by atomic mass is 35.5. The number of amides is 1. The number of aliphatic carboxylic acids is 1. The van der Waals surface area contributed by atoms with E-state index in [1.54, 1.807) is 0 Å². The van der Waals surface area contributed by atoms with Crippen LogP contribution in [0.1, 0.15) is 24.4 Å². The topological polar surface area (TPSA) is 57.6 Å². The van der Waals surface area contributed by atoms with E-state index in [0.717, 1.165) is 0 Å². The highest BCUT2D eigenvalue weighted by molar-refractivity contribution is 6.31. The summed E-state index contributed by atoms with van der Waals surface area (Å²) in [5, 5.41) is 9.39. The molecule has 2 unspecified atom stereocenters. The van der Waals surface area contributed by atoms with Crippen LogP contribution < -0.4 is 0 Å². The molecule has 4 nitrogen and oxygen atoms in total. The molecule has 1 aromatic rings. The third-order valence-electron chi connectivity index (χ3n) is 3.47. The molecule has 1 heterocycles. The zero-order valence-corrected chi connectivity index (χ0v) is 11.0. The van der Waals surface area contributed by atoms with Gasteiger partial charge in [0, 0.05) is 24.1 Å². The minimum absolute atomic E-state index is 0.0760. The molecule has 0 aliphatic carbocycles. The van der Waals surface area contributed by atoms with Gasteiger partial charge in [-0.05, 0) is 18.6 Å². The number of rotatable bonds is 2. The van der Waals surface area contributed by atoms with Crippen LogP contribution in [0.4, 0.5) is 4.39 Å². The molecule has 1 fully saturated rings. The summed E-state index contributed by atoms with van der Waals surface area (Å²) in [4.78, 5) is 24.3. The number of piperidine rings is 1. The van der Waals surface area contributed by atoms with E-state index in [1.165, 1.54) is 30.1 Å². The van der Waals surface area contributed by atoms with Gasteiger partial charge in [-0.15, -0.1) is 0 Å². The largest absolute Gasteiger partial charge is 0.481 e. The van der Waals surface area contributed by atoms with Crippen molar-refractivity contribution in [2.24, 2.45) is 5.92 Å². The molecule has 2 rings (SSSR count). The molecule has 0 radical (unpaired) electrons. The van der Waals surface area contributed by atoms with E-state index in [-0.39, 0.29) is 29.3 Å². The molecule has 1 aliphatic rings. The number of benzene rings is 1. The van der Waals surface area contributed by atoms with Gasteiger partial charge in [0.25, 0.3) is 0 Å². The van der Waals surface area contributed by atoms with Crippen LogP contribution in [0.5, 0.6) is 0 Å². The molecule has 1 aliphatic heterocycles. The number of carboxylic acids is 1. The molecular formula is C13H13ClFNO3. The van der Waals surface area contributed by atoms with Gasteiger partial charge in [0.05, 0.1) is 12.0 Å². The molecule has 1 N–H and O–H groups in total. The van der Waals surface area contributed by atoms with Crippen molar-refractivity contribution in [2.75, 3.05) is 7.05 Å². The van der Waals surface area contributed by atoms with Crippen molar-refractivity contribution in [1.82, 2.24) is 4.90 Å². The highest BCUT2D eigenvalue weighted by Crippen LogP contribution is 2.40. The summed E-state index contributed by atoms with van der Waals surface area (Å²) in [6, 6.07) is 3.29. The molecule has 19 heavy (non-hydrogen) atoms. The Hall–Kier alpha value is -1.62. The molecule has 6 heteroatoms. The molecule has 1 saturated heterocycles. The van der Waals surface area contributed by atoms with Gasteiger partial charge in [-0.2, -0.15) is 0 Å². The summed E-state index contributed by atoms with van der Waals surface area (Å²) in [6.07, 6.45) is 0.337. The zero-order valence-electron chi connectivity index (χ0n) is 10.3. The standard InChI is InChI=1S/C13H13ClFNO3/c1-16-10(17)6-5-7(13(18)19)12(16)11-8(14)3-2-4-9(11)15/h2-4,7,12H,5-6H2,1H3,(H,18,19). The van der Waals surface area contributed by atoms with Crippen molar-refractivity contribution in [3.05, 3.63) is 34.6 Å². The minimum atomic E-state index is -1.05. The monoisotopic (exact) mass is 285 g/mol. The van der Waals surface area contributed by atoms with Crippen LogP contribution in [0.15, 0.2) is 18.2 Å². The molecule has 0 bridgehead atoms. The van der Waals surface area contributed by atoms with Gasteiger partial charge in [-0.25, -0.2) is 4.39 Å². The second-order valence-electron chi connectivity index (χ2n) is 4.57. The van der Waals surface area contributed by atoms with Crippen molar-refractivity contribution >= 4 is 23.5 Å². The predicted octanol–water partition coefficient (Wildman–Crippen LogP) is 2.47. The molecule has 0 spiro atoms. The van der Waals surface area contributed by atoms with Crippen molar-refractivity contribution in [2.45, 2.75) is 18.9 Å². The lowest BCUT2D eigenvalue weighted by Gasteiger charge is -2.37. The van der Waals surface area contributed by atoms with Gasteiger partial charge in [-0.3, -0.25) is 9.59 Å². The molecule has 0 saturated carbocycles. The quantitative estimate of drug-likeness (QED) is 0.908. The first-order chi connectivity index (χ1) is 8.93. The number of nitrogens with zero attached hydrogens (tertiary/aromatic N) is 1. The van der Waals surface area contributed by atoms with E-state index < -0.39 is 23.7 Å². The van der Waals surface area contributed by atoms with Crippen LogP contribution in [0.3, 0.4) is 0 Å². The Kier molecular flexibility index (Phi) is 3.75. The lowest BCUT2D eigenvalue weighted by Crippen LogP contribution is -2.43. The molecular weight excluding hydrogens is 273 g/mol. The number of hydrogen-bond acceptors (Lipinski definition) is 2.